The fraction of sp³-hybridized carbons (Fsp3) is 0.423. The van der Waals surface area contributed by atoms with E-state index in [1.807, 2.05) is 13.8 Å². The van der Waals surface area contributed by atoms with Crippen molar-refractivity contribution in [2.75, 3.05) is 6.54 Å². The van der Waals surface area contributed by atoms with E-state index in [9.17, 15) is 23.9 Å². The lowest BCUT2D eigenvalue weighted by Gasteiger charge is -2.35. The van der Waals surface area contributed by atoms with Crippen LogP contribution in [0.1, 0.15) is 59.6 Å². The molecular formula is C26H32ClFN2O5S. The molecule has 2 aromatic rings. The molecule has 36 heavy (non-hydrogen) atoms. The monoisotopic (exact) mass is 538 g/mol. The van der Waals surface area contributed by atoms with Gasteiger partial charge in [0.05, 0.1) is 5.41 Å². The highest BCUT2D eigenvalue weighted by Gasteiger charge is 2.44. The number of aliphatic carboxylic acids is 1. The van der Waals surface area contributed by atoms with E-state index in [0.717, 1.165) is 4.88 Å². The van der Waals surface area contributed by atoms with Crippen LogP contribution < -0.4 is 10.5 Å². The molecule has 0 spiro atoms. The molecule has 1 saturated heterocycles. The fourth-order valence-corrected chi connectivity index (χ4v) is 5.54. The molecule has 0 radical (unpaired) electrons. The highest BCUT2D eigenvalue weighted by molar-refractivity contribution is 7.14. The molecule has 3 N–H and O–H groups in total. The maximum atomic E-state index is 14.4. The Morgan fingerprint density at radius 1 is 1.25 bits per heavy atom. The Bertz CT molecular complexity index is 1130. The number of carboxylic acid groups (broad SMARTS) is 1. The molecule has 1 aliphatic rings. The third kappa shape index (κ3) is 6.44. The molecule has 0 saturated carbocycles. The summed E-state index contributed by atoms with van der Waals surface area (Å²) in [6.07, 6.45) is 2.90. The molecule has 7 nitrogen and oxygen atoms in total. The van der Waals surface area contributed by atoms with E-state index in [2.05, 4.69) is 6.58 Å². The van der Waals surface area contributed by atoms with Gasteiger partial charge in [-0.05, 0) is 61.9 Å². The molecule has 3 rings (SSSR count). The number of nitrogens with two attached hydrogens (primary N) is 1. The number of carbonyl (C=O) groups is 3. The topological polar surface area (TPSA) is 110 Å². The minimum atomic E-state index is -0.980. The number of rotatable bonds is 10. The summed E-state index contributed by atoms with van der Waals surface area (Å²) >= 11 is 1.19. The van der Waals surface area contributed by atoms with E-state index in [4.69, 9.17) is 10.5 Å². The number of carbonyl (C=O) groups excluding carboxylic acids is 2. The van der Waals surface area contributed by atoms with Crippen LogP contribution in [0.25, 0.3) is 0 Å². The lowest BCUT2D eigenvalue weighted by Crippen LogP contribution is -2.49. The number of esters is 1. The van der Waals surface area contributed by atoms with Crippen LogP contribution in [-0.2, 0) is 22.4 Å². The van der Waals surface area contributed by atoms with E-state index in [-0.39, 0.29) is 28.9 Å². The average Bonchev–Trinajstić information content (AvgIpc) is 3.48. The average molecular weight is 539 g/mol. The predicted molar refractivity (Wildman–Crippen MR) is 139 cm³/mol. The highest BCUT2D eigenvalue weighted by Crippen LogP contribution is 2.38. The second-order valence-corrected chi connectivity index (χ2v) is 10.1. The number of nitrogens with zero attached hydrogens (tertiary/aromatic N) is 1. The quantitative estimate of drug-likeness (QED) is 0.326. The number of benzene rings is 1. The number of allylic oxidation sites excluding steroid dienone is 1. The standard InChI is InChI=1S/C26H31FN2O5S.ClH/c1-4-26(5-2,25(33)29-12-6-7-20(29)23(30)31)15-18-9-11-22(35-18)24(32)34-21-10-8-17(13-16(3)28)14-19(21)27;/h8-11,14,20H,3-7,12-13,15,28H2,1-2H3,(H,30,31);1H/t20-;/m0./s1. The maximum Gasteiger partial charge on any atom is 0.353 e. The summed E-state index contributed by atoms with van der Waals surface area (Å²) in [6, 6.07) is 6.83. The molecule has 1 aromatic carbocycles. The summed E-state index contributed by atoms with van der Waals surface area (Å²) in [5.74, 6) is -2.68. The molecule has 1 atom stereocenters. The zero-order valence-corrected chi connectivity index (χ0v) is 22.1. The van der Waals surface area contributed by atoms with Gasteiger partial charge in [-0.25, -0.2) is 14.0 Å². The first-order valence-corrected chi connectivity index (χ1v) is 12.5. The number of halogens is 2. The first kappa shape index (κ1) is 29.3. The fourth-order valence-electron chi connectivity index (χ4n) is 4.51. The van der Waals surface area contributed by atoms with Gasteiger partial charge in [0.15, 0.2) is 11.6 Å². The number of carboxylic acids is 1. The SMILES string of the molecule is C=C(N)Cc1ccc(OC(=O)c2ccc(CC(CC)(CC)C(=O)N3CCC[C@H]3C(=O)O)s2)c(F)c1.Cl. The van der Waals surface area contributed by atoms with E-state index in [1.54, 1.807) is 18.2 Å². The smallest absolute Gasteiger partial charge is 0.353 e. The van der Waals surface area contributed by atoms with Crippen molar-refractivity contribution in [1.29, 1.82) is 0 Å². The van der Waals surface area contributed by atoms with Gasteiger partial charge in [0.25, 0.3) is 0 Å². The Morgan fingerprint density at radius 2 is 1.94 bits per heavy atom. The Kier molecular flexibility index (Phi) is 10.1. The number of hydrogen-bond donors (Lipinski definition) is 2. The maximum absolute atomic E-state index is 14.4. The summed E-state index contributed by atoms with van der Waals surface area (Å²) in [5, 5.41) is 9.51. The molecule has 1 aliphatic heterocycles. The van der Waals surface area contributed by atoms with Gasteiger partial charge in [-0.3, -0.25) is 4.79 Å². The summed E-state index contributed by atoms with van der Waals surface area (Å²) in [4.78, 5) is 40.3. The zero-order chi connectivity index (χ0) is 25.8. The highest BCUT2D eigenvalue weighted by atomic mass is 35.5. The molecule has 10 heteroatoms. The molecule has 1 aromatic heterocycles. The summed E-state index contributed by atoms with van der Waals surface area (Å²) < 4.78 is 19.7. The van der Waals surface area contributed by atoms with Gasteiger partial charge in [-0.1, -0.05) is 26.5 Å². The third-order valence-electron chi connectivity index (χ3n) is 6.61. The van der Waals surface area contributed by atoms with Crippen LogP contribution in [0.3, 0.4) is 0 Å². The van der Waals surface area contributed by atoms with Crippen molar-refractivity contribution in [1.82, 2.24) is 4.90 Å². The Balaban J connectivity index is 0.00000456. The van der Waals surface area contributed by atoms with Crippen LogP contribution in [-0.4, -0.2) is 40.4 Å². The molecule has 196 valence electrons. The van der Waals surface area contributed by atoms with Crippen molar-refractivity contribution in [3.05, 3.63) is 63.7 Å². The van der Waals surface area contributed by atoms with Gasteiger partial charge in [0.1, 0.15) is 10.9 Å². The number of thiophene rings is 1. The van der Waals surface area contributed by atoms with Crippen LogP contribution >= 0.6 is 23.7 Å². The molecule has 0 bridgehead atoms. The van der Waals surface area contributed by atoms with E-state index >= 15 is 0 Å². The first-order valence-electron chi connectivity index (χ1n) is 11.7. The second kappa shape index (κ2) is 12.4. The van der Waals surface area contributed by atoms with Gasteiger partial charge in [-0.2, -0.15) is 0 Å². The predicted octanol–water partition coefficient (Wildman–Crippen LogP) is 4.97. The number of likely N-dealkylation sites (tertiary alicyclic amines) is 1. The molecule has 2 heterocycles. The summed E-state index contributed by atoms with van der Waals surface area (Å²) in [5.41, 5.74) is 5.82. The van der Waals surface area contributed by atoms with Crippen LogP contribution in [0, 0.1) is 11.2 Å². The molecule has 0 aliphatic carbocycles. The number of ether oxygens (including phenoxy) is 1. The van der Waals surface area contributed by atoms with Crippen LogP contribution in [0.2, 0.25) is 0 Å². The Morgan fingerprint density at radius 3 is 2.53 bits per heavy atom. The van der Waals surface area contributed by atoms with Gasteiger partial charge in [-0.15, -0.1) is 23.7 Å². The van der Waals surface area contributed by atoms with Gasteiger partial charge >= 0.3 is 11.9 Å². The van der Waals surface area contributed by atoms with Crippen LogP contribution in [0.5, 0.6) is 5.75 Å². The largest absolute Gasteiger partial charge is 0.480 e. The van der Waals surface area contributed by atoms with Crippen LogP contribution in [0.15, 0.2) is 42.6 Å². The van der Waals surface area contributed by atoms with Crippen molar-refractivity contribution in [3.8, 4) is 5.75 Å². The number of hydrogen-bond acceptors (Lipinski definition) is 6. The van der Waals surface area contributed by atoms with Gasteiger partial charge in [0.2, 0.25) is 5.91 Å². The molecule has 0 unspecified atom stereocenters. The molecule has 1 amide bonds. The zero-order valence-electron chi connectivity index (χ0n) is 20.4. The van der Waals surface area contributed by atoms with Crippen LogP contribution in [0.4, 0.5) is 4.39 Å². The summed E-state index contributed by atoms with van der Waals surface area (Å²) in [7, 11) is 0. The van der Waals surface area contributed by atoms with Crippen molar-refractivity contribution >= 4 is 41.6 Å². The van der Waals surface area contributed by atoms with Gasteiger partial charge < -0.3 is 20.5 Å². The minimum Gasteiger partial charge on any atom is -0.480 e. The lowest BCUT2D eigenvalue weighted by molar-refractivity contribution is -0.153. The Hall–Kier alpha value is -2.91. The third-order valence-corrected chi connectivity index (χ3v) is 7.68. The minimum absolute atomic E-state index is 0. The van der Waals surface area contributed by atoms with E-state index in [1.165, 1.54) is 28.4 Å². The number of amides is 1. The van der Waals surface area contributed by atoms with Crippen molar-refractivity contribution in [2.45, 2.75) is 58.4 Å². The van der Waals surface area contributed by atoms with Crippen molar-refractivity contribution < 1.29 is 28.6 Å². The molecular weight excluding hydrogens is 507 g/mol. The normalized spacial score (nSPS) is 15.3. The van der Waals surface area contributed by atoms with Crippen molar-refractivity contribution in [2.24, 2.45) is 11.1 Å². The van der Waals surface area contributed by atoms with E-state index in [0.29, 0.717) is 56.3 Å². The first-order chi connectivity index (χ1) is 16.6. The lowest BCUT2D eigenvalue weighted by atomic mass is 9.77. The van der Waals surface area contributed by atoms with Crippen molar-refractivity contribution in [3.63, 3.8) is 0 Å². The van der Waals surface area contributed by atoms with Gasteiger partial charge in [0, 0.05) is 23.5 Å². The Labute approximate surface area is 220 Å². The second-order valence-electron chi connectivity index (χ2n) is 8.91. The molecule has 1 fully saturated rings. The van der Waals surface area contributed by atoms with E-state index < -0.39 is 29.2 Å². The summed E-state index contributed by atoms with van der Waals surface area (Å²) in [6.45, 7) is 7.87.